The van der Waals surface area contributed by atoms with E-state index in [2.05, 4.69) is 20.7 Å². The van der Waals surface area contributed by atoms with Gasteiger partial charge in [-0.15, -0.1) is 22.6 Å². The van der Waals surface area contributed by atoms with Gasteiger partial charge < -0.3 is 10.2 Å². The van der Waals surface area contributed by atoms with Gasteiger partial charge in [-0.25, -0.2) is 0 Å². The molecule has 0 radical (unpaired) electrons. The first kappa shape index (κ1) is 18.6. The Morgan fingerprint density at radius 2 is 1.96 bits per heavy atom. The molecule has 1 aliphatic rings. The number of hydrogen-bond acceptors (Lipinski definition) is 5. The fourth-order valence-electron chi connectivity index (χ4n) is 2.66. The molecule has 0 aliphatic carbocycles. The normalized spacial score (nSPS) is 15.2. The van der Waals surface area contributed by atoms with Crippen LogP contribution >= 0.6 is 24.0 Å². The number of hydrogen-bond donors (Lipinski definition) is 1. The second kappa shape index (κ2) is 8.41. The molecule has 0 atom stereocenters. The molecule has 24 heavy (non-hydrogen) atoms. The lowest BCUT2D eigenvalue weighted by Crippen LogP contribution is -2.45. The lowest BCUT2D eigenvalue weighted by molar-refractivity contribution is -0.133. The third-order valence-electron chi connectivity index (χ3n) is 4.09. The van der Waals surface area contributed by atoms with Crippen LogP contribution in [0.25, 0.3) is 11.4 Å². The van der Waals surface area contributed by atoms with Crippen LogP contribution in [0.5, 0.6) is 0 Å². The van der Waals surface area contributed by atoms with Crippen LogP contribution in [0.2, 0.25) is 5.02 Å². The highest BCUT2D eigenvalue weighted by Gasteiger charge is 2.22. The Labute approximate surface area is 151 Å². The fourth-order valence-corrected chi connectivity index (χ4v) is 2.79. The van der Waals surface area contributed by atoms with Gasteiger partial charge in [-0.1, -0.05) is 11.6 Å². The van der Waals surface area contributed by atoms with Crippen molar-refractivity contribution in [1.29, 1.82) is 0 Å². The molecule has 0 saturated carbocycles. The van der Waals surface area contributed by atoms with Crippen LogP contribution in [0, 0.1) is 0 Å². The Morgan fingerprint density at radius 3 is 2.58 bits per heavy atom. The van der Waals surface area contributed by atoms with Crippen LogP contribution in [-0.2, 0) is 11.3 Å². The molecular formula is C15H20Cl2N6O. The van der Waals surface area contributed by atoms with Gasteiger partial charge in [0.25, 0.3) is 0 Å². The molecule has 7 nitrogen and oxygen atoms in total. The fraction of sp³-hybridized carbons (Fsp3) is 0.467. The molecule has 1 saturated heterocycles. The predicted octanol–water partition coefficient (Wildman–Crippen LogP) is 1.63. The molecular weight excluding hydrogens is 351 g/mol. The van der Waals surface area contributed by atoms with E-state index in [-0.39, 0.29) is 24.9 Å². The topological polar surface area (TPSA) is 75.9 Å². The van der Waals surface area contributed by atoms with E-state index in [9.17, 15) is 4.79 Å². The minimum Gasteiger partial charge on any atom is -0.341 e. The van der Waals surface area contributed by atoms with Gasteiger partial charge in [-0.2, -0.15) is 4.80 Å². The molecule has 0 spiro atoms. The molecule has 1 aromatic carbocycles. The van der Waals surface area contributed by atoms with Crippen molar-refractivity contribution in [2.24, 2.45) is 0 Å². The lowest BCUT2D eigenvalue weighted by atomic mass is 10.1. The van der Waals surface area contributed by atoms with E-state index in [4.69, 9.17) is 11.6 Å². The summed E-state index contributed by atoms with van der Waals surface area (Å²) < 4.78 is 0. The number of likely N-dealkylation sites (tertiary alicyclic amines) is 1. The Morgan fingerprint density at radius 1 is 1.29 bits per heavy atom. The van der Waals surface area contributed by atoms with E-state index in [1.165, 1.54) is 4.80 Å². The van der Waals surface area contributed by atoms with Crippen molar-refractivity contribution in [2.75, 3.05) is 20.1 Å². The van der Waals surface area contributed by atoms with Gasteiger partial charge in [0.15, 0.2) is 0 Å². The summed E-state index contributed by atoms with van der Waals surface area (Å²) >= 11 is 5.86. The third-order valence-corrected chi connectivity index (χ3v) is 4.34. The summed E-state index contributed by atoms with van der Waals surface area (Å²) in [4.78, 5) is 15.5. The lowest BCUT2D eigenvalue weighted by Gasteiger charge is -2.31. The van der Waals surface area contributed by atoms with Crippen LogP contribution in [-0.4, -0.2) is 57.2 Å². The highest BCUT2D eigenvalue weighted by molar-refractivity contribution is 6.30. The number of benzene rings is 1. The maximum Gasteiger partial charge on any atom is 0.246 e. The zero-order valence-corrected chi connectivity index (χ0v) is 14.9. The van der Waals surface area contributed by atoms with Crippen LogP contribution in [0.1, 0.15) is 12.8 Å². The number of piperidine rings is 1. The number of nitrogens with zero attached hydrogens (tertiary/aromatic N) is 5. The molecule has 3 rings (SSSR count). The smallest absolute Gasteiger partial charge is 0.246 e. The summed E-state index contributed by atoms with van der Waals surface area (Å²) in [6.07, 6.45) is 1.95. The van der Waals surface area contributed by atoms with E-state index >= 15 is 0 Å². The van der Waals surface area contributed by atoms with Crippen LogP contribution in [0.4, 0.5) is 0 Å². The molecule has 1 aromatic heterocycles. The Balaban J connectivity index is 0.00000208. The first-order chi connectivity index (χ1) is 11.2. The summed E-state index contributed by atoms with van der Waals surface area (Å²) in [6, 6.07) is 7.70. The minimum absolute atomic E-state index is 0. The van der Waals surface area contributed by atoms with Crippen molar-refractivity contribution in [3.63, 3.8) is 0 Å². The van der Waals surface area contributed by atoms with Gasteiger partial charge in [0.05, 0.1) is 0 Å². The molecule has 1 N–H and O–H groups in total. The second-order valence-electron chi connectivity index (χ2n) is 5.59. The first-order valence-electron chi connectivity index (χ1n) is 7.64. The molecule has 0 bridgehead atoms. The number of carbonyl (C=O) groups is 1. The van der Waals surface area contributed by atoms with E-state index in [0.717, 1.165) is 31.5 Å². The van der Waals surface area contributed by atoms with Gasteiger partial charge in [0.1, 0.15) is 6.54 Å². The molecule has 1 amide bonds. The zero-order chi connectivity index (χ0) is 16.2. The number of nitrogens with one attached hydrogen (secondary N) is 1. The number of tetrazole rings is 1. The monoisotopic (exact) mass is 370 g/mol. The van der Waals surface area contributed by atoms with Gasteiger partial charge in [0.2, 0.25) is 11.7 Å². The highest BCUT2D eigenvalue weighted by Crippen LogP contribution is 2.17. The number of amides is 1. The largest absolute Gasteiger partial charge is 0.341 e. The SMILES string of the molecule is CNC1CCN(C(=O)Cn2nnc(-c3ccc(Cl)cc3)n2)CC1.Cl. The Bertz CT molecular complexity index is 667. The zero-order valence-electron chi connectivity index (χ0n) is 13.4. The van der Waals surface area contributed by atoms with Gasteiger partial charge in [-0.3, -0.25) is 4.79 Å². The van der Waals surface area contributed by atoms with Crippen molar-refractivity contribution in [3.05, 3.63) is 29.3 Å². The second-order valence-corrected chi connectivity index (χ2v) is 6.03. The van der Waals surface area contributed by atoms with E-state index in [0.29, 0.717) is 16.9 Å². The number of rotatable bonds is 4. The van der Waals surface area contributed by atoms with Gasteiger partial charge in [-0.05, 0) is 49.4 Å². The average molecular weight is 371 g/mol. The van der Waals surface area contributed by atoms with E-state index in [1.807, 2.05) is 24.1 Å². The van der Waals surface area contributed by atoms with E-state index < -0.39 is 0 Å². The van der Waals surface area contributed by atoms with Crippen molar-refractivity contribution < 1.29 is 4.79 Å². The molecule has 2 aromatic rings. The quantitative estimate of drug-likeness (QED) is 0.884. The van der Waals surface area contributed by atoms with Crippen LogP contribution < -0.4 is 5.32 Å². The predicted molar refractivity (Wildman–Crippen MR) is 94.2 cm³/mol. The molecule has 0 unspecified atom stereocenters. The summed E-state index contributed by atoms with van der Waals surface area (Å²) in [7, 11) is 1.96. The number of halogens is 2. The maximum atomic E-state index is 12.3. The maximum absolute atomic E-state index is 12.3. The van der Waals surface area contributed by atoms with Crippen LogP contribution in [0.3, 0.4) is 0 Å². The molecule has 1 fully saturated rings. The van der Waals surface area contributed by atoms with Crippen molar-refractivity contribution in [3.8, 4) is 11.4 Å². The van der Waals surface area contributed by atoms with Crippen LogP contribution in [0.15, 0.2) is 24.3 Å². The molecule has 1 aliphatic heterocycles. The Kier molecular flexibility index (Phi) is 6.53. The molecule has 130 valence electrons. The third kappa shape index (κ3) is 4.43. The number of aromatic nitrogens is 4. The summed E-state index contributed by atoms with van der Waals surface area (Å²) in [5.74, 6) is 0.517. The first-order valence-corrected chi connectivity index (χ1v) is 8.02. The summed E-state index contributed by atoms with van der Waals surface area (Å²) in [6.45, 7) is 1.65. The van der Waals surface area contributed by atoms with Crippen molar-refractivity contribution in [1.82, 2.24) is 30.4 Å². The minimum atomic E-state index is 0. The highest BCUT2D eigenvalue weighted by atomic mass is 35.5. The summed E-state index contributed by atoms with van der Waals surface area (Å²) in [5.41, 5.74) is 0.822. The number of carbonyl (C=O) groups excluding carboxylic acids is 1. The van der Waals surface area contributed by atoms with Gasteiger partial charge in [0, 0.05) is 29.7 Å². The summed E-state index contributed by atoms with van der Waals surface area (Å²) in [5, 5.41) is 16.1. The Hall–Kier alpha value is -1.70. The van der Waals surface area contributed by atoms with Gasteiger partial charge >= 0.3 is 0 Å². The molecule has 2 heterocycles. The van der Waals surface area contributed by atoms with E-state index in [1.54, 1.807) is 12.1 Å². The van der Waals surface area contributed by atoms with Crippen molar-refractivity contribution >= 4 is 29.9 Å². The average Bonchev–Trinajstić information content (AvgIpc) is 3.04. The standard InChI is InChI=1S/C15H19ClN6O.ClH/c1-17-13-6-8-21(9-7-13)14(23)10-22-19-15(18-20-22)11-2-4-12(16)5-3-11;/h2-5,13,17H,6-10H2,1H3;1H. The molecule has 9 heteroatoms. The van der Waals surface area contributed by atoms with Crippen molar-refractivity contribution in [2.45, 2.75) is 25.4 Å².